The van der Waals surface area contributed by atoms with Gasteiger partial charge in [0.1, 0.15) is 5.76 Å². The lowest BCUT2D eigenvalue weighted by Gasteiger charge is -2.12. The molecule has 0 aliphatic carbocycles. The van der Waals surface area contributed by atoms with Crippen molar-refractivity contribution in [2.24, 2.45) is 0 Å². The summed E-state index contributed by atoms with van der Waals surface area (Å²) in [6.45, 7) is 8.50. The van der Waals surface area contributed by atoms with Gasteiger partial charge in [-0.3, -0.25) is 4.79 Å². The van der Waals surface area contributed by atoms with Crippen molar-refractivity contribution < 1.29 is 18.7 Å². The van der Waals surface area contributed by atoms with Crippen LogP contribution in [0.4, 0.5) is 0 Å². The molecule has 0 radical (unpaired) electrons. The van der Waals surface area contributed by atoms with Crippen molar-refractivity contribution in [3.05, 3.63) is 41.1 Å². The minimum absolute atomic E-state index is 0.0785. The average Bonchev–Trinajstić information content (AvgIpc) is 2.95. The van der Waals surface area contributed by atoms with Crippen molar-refractivity contribution in [3.8, 4) is 11.5 Å². The van der Waals surface area contributed by atoms with Gasteiger partial charge in [-0.15, -0.1) is 0 Å². The van der Waals surface area contributed by atoms with Gasteiger partial charge in [-0.05, 0) is 31.0 Å². The summed E-state index contributed by atoms with van der Waals surface area (Å²) in [5.41, 5.74) is 1.66. The molecule has 0 fully saturated rings. The minimum atomic E-state index is -0.174. The summed E-state index contributed by atoms with van der Waals surface area (Å²) >= 11 is 0. The highest BCUT2D eigenvalue weighted by molar-refractivity contribution is 5.78. The van der Waals surface area contributed by atoms with Crippen LogP contribution in [-0.2, 0) is 23.1 Å². The summed E-state index contributed by atoms with van der Waals surface area (Å²) in [7, 11) is 3.21. The first-order valence-electron chi connectivity index (χ1n) is 8.69. The van der Waals surface area contributed by atoms with Gasteiger partial charge in [0.25, 0.3) is 0 Å². The molecule has 0 aliphatic heterocycles. The Morgan fingerprint density at radius 1 is 1.19 bits per heavy atom. The lowest BCUT2D eigenvalue weighted by molar-refractivity contribution is -0.120. The highest BCUT2D eigenvalue weighted by Crippen LogP contribution is 2.27. The summed E-state index contributed by atoms with van der Waals surface area (Å²) in [4.78, 5) is 16.6. The van der Waals surface area contributed by atoms with E-state index in [9.17, 15) is 4.79 Å². The molecular weight excluding hydrogens is 332 g/mol. The summed E-state index contributed by atoms with van der Waals surface area (Å²) in [5.74, 6) is 2.57. The molecule has 0 saturated carbocycles. The van der Waals surface area contributed by atoms with Crippen molar-refractivity contribution in [2.45, 2.75) is 46.0 Å². The van der Waals surface area contributed by atoms with Crippen LogP contribution in [0.2, 0.25) is 0 Å². The van der Waals surface area contributed by atoms with E-state index in [1.54, 1.807) is 14.2 Å². The van der Waals surface area contributed by atoms with Crippen LogP contribution in [-0.4, -0.2) is 31.7 Å². The Labute approximate surface area is 154 Å². The third-order valence-electron chi connectivity index (χ3n) is 4.04. The molecule has 0 saturated heterocycles. The molecule has 6 nitrogen and oxygen atoms in total. The normalized spacial score (nSPS) is 11.3. The molecule has 1 amide bonds. The van der Waals surface area contributed by atoms with E-state index in [0.29, 0.717) is 36.1 Å². The number of ether oxygens (including phenoxy) is 2. The highest BCUT2D eigenvalue weighted by atomic mass is 16.5. The zero-order valence-electron chi connectivity index (χ0n) is 16.4. The third kappa shape index (κ3) is 5.00. The Bertz CT molecular complexity index is 760. The lowest BCUT2D eigenvalue weighted by atomic mass is 9.97. The van der Waals surface area contributed by atoms with Crippen LogP contribution >= 0.6 is 0 Å². The standard InChI is InChI=1S/C20H28N2O4/c1-13-16(26-19(22-13)20(2,3)4)12-18(23)21-10-9-14-7-8-15(24-5)17(11-14)25-6/h7-8,11H,9-10,12H2,1-6H3,(H,21,23). The van der Waals surface area contributed by atoms with Gasteiger partial charge in [-0.25, -0.2) is 4.98 Å². The number of nitrogens with one attached hydrogen (secondary N) is 1. The Morgan fingerprint density at radius 3 is 2.46 bits per heavy atom. The van der Waals surface area contributed by atoms with E-state index >= 15 is 0 Å². The van der Waals surface area contributed by atoms with Crippen LogP contribution in [0.15, 0.2) is 22.6 Å². The molecule has 6 heteroatoms. The number of benzene rings is 1. The highest BCUT2D eigenvalue weighted by Gasteiger charge is 2.23. The van der Waals surface area contributed by atoms with Gasteiger partial charge in [0.05, 0.1) is 26.3 Å². The molecular formula is C20H28N2O4. The Kier molecular flexibility index (Phi) is 6.29. The maximum atomic E-state index is 12.2. The number of oxazole rings is 1. The number of hydrogen-bond acceptors (Lipinski definition) is 5. The van der Waals surface area contributed by atoms with Crippen molar-refractivity contribution in [3.63, 3.8) is 0 Å². The SMILES string of the molecule is COc1ccc(CCNC(=O)Cc2oc(C(C)(C)C)nc2C)cc1OC. The molecule has 2 aromatic rings. The topological polar surface area (TPSA) is 73.6 Å². The van der Waals surface area contributed by atoms with Crippen LogP contribution in [0.3, 0.4) is 0 Å². The molecule has 1 aromatic heterocycles. The van der Waals surface area contributed by atoms with E-state index in [-0.39, 0.29) is 17.7 Å². The first kappa shape index (κ1) is 19.8. The van der Waals surface area contributed by atoms with Gasteiger partial charge in [0, 0.05) is 12.0 Å². The second kappa shape index (κ2) is 8.25. The quantitative estimate of drug-likeness (QED) is 0.821. The molecule has 0 spiro atoms. The molecule has 0 unspecified atom stereocenters. The zero-order valence-corrected chi connectivity index (χ0v) is 16.4. The van der Waals surface area contributed by atoms with E-state index in [4.69, 9.17) is 13.9 Å². The van der Waals surface area contributed by atoms with E-state index < -0.39 is 0 Å². The van der Waals surface area contributed by atoms with Crippen molar-refractivity contribution in [2.75, 3.05) is 20.8 Å². The average molecular weight is 360 g/mol. The van der Waals surface area contributed by atoms with Crippen LogP contribution in [0.5, 0.6) is 11.5 Å². The maximum absolute atomic E-state index is 12.2. The van der Waals surface area contributed by atoms with Crippen molar-refractivity contribution in [1.82, 2.24) is 10.3 Å². The van der Waals surface area contributed by atoms with Gasteiger partial charge >= 0.3 is 0 Å². The number of carbonyl (C=O) groups is 1. The third-order valence-corrected chi connectivity index (χ3v) is 4.04. The largest absolute Gasteiger partial charge is 0.493 e. The first-order valence-corrected chi connectivity index (χ1v) is 8.69. The second-order valence-electron chi connectivity index (χ2n) is 7.24. The number of aryl methyl sites for hydroxylation is 1. The maximum Gasteiger partial charge on any atom is 0.227 e. The predicted molar refractivity (Wildman–Crippen MR) is 99.9 cm³/mol. The molecule has 1 N–H and O–H groups in total. The summed E-state index contributed by atoms with van der Waals surface area (Å²) < 4.78 is 16.3. The van der Waals surface area contributed by atoms with Crippen molar-refractivity contribution in [1.29, 1.82) is 0 Å². The fourth-order valence-corrected chi connectivity index (χ4v) is 2.50. The first-order chi connectivity index (χ1) is 12.2. The molecule has 0 bridgehead atoms. The number of nitrogens with zero attached hydrogens (tertiary/aromatic N) is 1. The van der Waals surface area contributed by atoms with Crippen LogP contribution in [0.25, 0.3) is 0 Å². The number of methoxy groups -OCH3 is 2. The van der Waals surface area contributed by atoms with Crippen LogP contribution in [0, 0.1) is 6.92 Å². The number of amides is 1. The Hall–Kier alpha value is -2.50. The number of hydrogen-bond donors (Lipinski definition) is 1. The van der Waals surface area contributed by atoms with E-state index in [1.165, 1.54) is 0 Å². The number of aromatic nitrogens is 1. The second-order valence-corrected chi connectivity index (χ2v) is 7.24. The van der Waals surface area contributed by atoms with Crippen LogP contribution in [0.1, 0.15) is 43.7 Å². The fourth-order valence-electron chi connectivity index (χ4n) is 2.50. The lowest BCUT2D eigenvalue weighted by Crippen LogP contribution is -2.27. The molecule has 142 valence electrons. The molecule has 1 heterocycles. The number of carbonyl (C=O) groups excluding carboxylic acids is 1. The molecule has 0 atom stereocenters. The summed E-state index contributed by atoms with van der Waals surface area (Å²) in [5, 5.41) is 2.92. The number of rotatable bonds is 7. The van der Waals surface area contributed by atoms with Crippen molar-refractivity contribution >= 4 is 5.91 Å². The van der Waals surface area contributed by atoms with Gasteiger partial charge in [-0.2, -0.15) is 0 Å². The van der Waals surface area contributed by atoms with E-state index in [2.05, 4.69) is 10.3 Å². The molecule has 1 aromatic carbocycles. The summed E-state index contributed by atoms with van der Waals surface area (Å²) in [6.07, 6.45) is 0.898. The van der Waals surface area contributed by atoms with Gasteiger partial charge in [0.2, 0.25) is 5.91 Å². The smallest absolute Gasteiger partial charge is 0.227 e. The Morgan fingerprint density at radius 2 is 1.88 bits per heavy atom. The van der Waals surface area contributed by atoms with Gasteiger partial charge < -0.3 is 19.2 Å². The molecule has 26 heavy (non-hydrogen) atoms. The predicted octanol–water partition coefficient (Wildman–Crippen LogP) is 3.20. The van der Waals surface area contributed by atoms with Gasteiger partial charge in [0.15, 0.2) is 17.4 Å². The molecule has 0 aliphatic rings. The van der Waals surface area contributed by atoms with Gasteiger partial charge in [-0.1, -0.05) is 26.8 Å². The zero-order chi connectivity index (χ0) is 19.3. The Balaban J connectivity index is 1.89. The van der Waals surface area contributed by atoms with Crippen LogP contribution < -0.4 is 14.8 Å². The molecule has 2 rings (SSSR count). The van der Waals surface area contributed by atoms with E-state index in [0.717, 1.165) is 11.3 Å². The fraction of sp³-hybridized carbons (Fsp3) is 0.500. The monoisotopic (exact) mass is 360 g/mol. The summed E-state index contributed by atoms with van der Waals surface area (Å²) in [6, 6.07) is 5.74. The van der Waals surface area contributed by atoms with E-state index in [1.807, 2.05) is 45.9 Å². The minimum Gasteiger partial charge on any atom is -0.493 e.